The number of aromatic nitrogens is 2. The first-order chi connectivity index (χ1) is 9.23. The van der Waals surface area contributed by atoms with Crippen LogP contribution in [0.25, 0.3) is 0 Å². The molecule has 114 valence electrons. The minimum absolute atomic E-state index is 0.135. The number of piperidine rings is 1. The van der Waals surface area contributed by atoms with Crippen LogP contribution in [0.4, 0.5) is 0 Å². The van der Waals surface area contributed by atoms with Gasteiger partial charge in [-0.05, 0) is 26.7 Å². The molecule has 8 nitrogen and oxygen atoms in total. The van der Waals surface area contributed by atoms with Gasteiger partial charge in [-0.25, -0.2) is 0 Å². The highest BCUT2D eigenvalue weighted by Gasteiger charge is 2.39. The first-order valence-corrected chi connectivity index (χ1v) is 8.04. The number of nitrogens with one attached hydrogen (secondary N) is 1. The third-order valence-electron chi connectivity index (χ3n) is 3.31. The van der Waals surface area contributed by atoms with Crippen LogP contribution in [-0.4, -0.2) is 42.0 Å². The Hall–Kier alpha value is -1.03. The number of nitrogens with two attached hydrogens (primary N) is 1. The van der Waals surface area contributed by atoms with Crippen LogP contribution in [0.15, 0.2) is 4.52 Å². The van der Waals surface area contributed by atoms with Crippen molar-refractivity contribution in [2.75, 3.05) is 13.1 Å². The zero-order chi connectivity index (χ0) is 15.0. The van der Waals surface area contributed by atoms with Gasteiger partial charge in [0.25, 0.3) is 10.2 Å². The summed E-state index contributed by atoms with van der Waals surface area (Å²) < 4.78 is 33.1. The molecule has 20 heavy (non-hydrogen) atoms. The first kappa shape index (κ1) is 15.4. The average molecular weight is 303 g/mol. The van der Waals surface area contributed by atoms with Crippen molar-refractivity contribution in [1.82, 2.24) is 19.2 Å². The topological polar surface area (TPSA) is 114 Å². The predicted molar refractivity (Wildman–Crippen MR) is 72.9 cm³/mol. The van der Waals surface area contributed by atoms with E-state index in [9.17, 15) is 8.42 Å². The standard InChI is InChI=1S/C11H21N5O3S/c1-8(2)15-20(17,18)16-6-4-11(12,5-7-16)10-13-9(3)19-14-10/h8,15H,4-7,12H2,1-3H3. The summed E-state index contributed by atoms with van der Waals surface area (Å²) in [6.45, 7) is 5.96. The Morgan fingerprint density at radius 3 is 2.45 bits per heavy atom. The van der Waals surface area contributed by atoms with Gasteiger partial charge in [0, 0.05) is 26.1 Å². The molecule has 1 aromatic heterocycles. The summed E-state index contributed by atoms with van der Waals surface area (Å²) in [5.41, 5.74) is 5.55. The minimum atomic E-state index is -3.45. The molecule has 1 aromatic rings. The van der Waals surface area contributed by atoms with E-state index in [1.807, 2.05) is 0 Å². The Kier molecular flexibility index (Phi) is 4.14. The largest absolute Gasteiger partial charge is 0.340 e. The molecule has 0 unspecified atom stereocenters. The van der Waals surface area contributed by atoms with Crippen molar-refractivity contribution in [3.05, 3.63) is 11.7 Å². The molecule has 0 atom stereocenters. The summed E-state index contributed by atoms with van der Waals surface area (Å²) in [7, 11) is -3.45. The van der Waals surface area contributed by atoms with Crippen molar-refractivity contribution >= 4 is 10.2 Å². The smallest absolute Gasteiger partial charge is 0.279 e. The van der Waals surface area contributed by atoms with Crippen LogP contribution in [0.3, 0.4) is 0 Å². The maximum Gasteiger partial charge on any atom is 0.279 e. The van der Waals surface area contributed by atoms with Crippen LogP contribution >= 0.6 is 0 Å². The third-order valence-corrected chi connectivity index (χ3v) is 5.13. The van der Waals surface area contributed by atoms with Gasteiger partial charge < -0.3 is 10.3 Å². The van der Waals surface area contributed by atoms with E-state index in [1.54, 1.807) is 20.8 Å². The van der Waals surface area contributed by atoms with Gasteiger partial charge in [0.2, 0.25) is 5.89 Å². The minimum Gasteiger partial charge on any atom is -0.340 e. The molecule has 0 aliphatic carbocycles. The van der Waals surface area contributed by atoms with Crippen LogP contribution in [0.1, 0.15) is 38.4 Å². The lowest BCUT2D eigenvalue weighted by atomic mass is 9.89. The molecule has 0 radical (unpaired) electrons. The lowest BCUT2D eigenvalue weighted by Crippen LogP contribution is -2.53. The molecule has 0 saturated carbocycles. The molecule has 2 heterocycles. The molecule has 0 bridgehead atoms. The van der Waals surface area contributed by atoms with Gasteiger partial charge in [0.1, 0.15) is 0 Å². The normalized spacial score (nSPS) is 20.4. The van der Waals surface area contributed by atoms with Crippen LogP contribution in [0, 0.1) is 6.92 Å². The zero-order valence-corrected chi connectivity index (χ0v) is 12.8. The molecule has 0 spiro atoms. The molecule has 1 fully saturated rings. The average Bonchev–Trinajstić information content (AvgIpc) is 2.75. The highest BCUT2D eigenvalue weighted by Crippen LogP contribution is 2.29. The van der Waals surface area contributed by atoms with Gasteiger partial charge in [0.05, 0.1) is 5.54 Å². The summed E-state index contributed by atoms with van der Waals surface area (Å²) in [6.07, 6.45) is 0.927. The number of nitrogens with zero attached hydrogens (tertiary/aromatic N) is 3. The van der Waals surface area contributed by atoms with Crippen molar-refractivity contribution in [3.8, 4) is 0 Å². The number of rotatable bonds is 4. The van der Waals surface area contributed by atoms with E-state index in [0.717, 1.165) is 0 Å². The van der Waals surface area contributed by atoms with Gasteiger partial charge in [-0.1, -0.05) is 5.16 Å². The quantitative estimate of drug-likeness (QED) is 0.801. The number of hydrogen-bond acceptors (Lipinski definition) is 6. The van der Waals surface area contributed by atoms with E-state index in [0.29, 0.717) is 37.6 Å². The van der Waals surface area contributed by atoms with Crippen molar-refractivity contribution < 1.29 is 12.9 Å². The molecule has 0 amide bonds. The first-order valence-electron chi connectivity index (χ1n) is 6.60. The van der Waals surface area contributed by atoms with Crippen molar-refractivity contribution in [2.45, 2.75) is 45.2 Å². The van der Waals surface area contributed by atoms with Gasteiger partial charge in [-0.3, -0.25) is 0 Å². The summed E-state index contributed by atoms with van der Waals surface area (Å²) in [5, 5.41) is 3.85. The highest BCUT2D eigenvalue weighted by molar-refractivity contribution is 7.87. The Morgan fingerprint density at radius 1 is 1.40 bits per heavy atom. The Bertz CT molecular complexity index is 560. The molecular weight excluding hydrogens is 282 g/mol. The molecule has 1 saturated heterocycles. The van der Waals surface area contributed by atoms with Crippen LogP contribution in [0.2, 0.25) is 0 Å². The molecule has 1 aliphatic heterocycles. The van der Waals surface area contributed by atoms with E-state index < -0.39 is 15.7 Å². The second-order valence-corrected chi connectivity index (χ2v) is 7.17. The SMILES string of the molecule is Cc1nc(C2(N)CCN(S(=O)(=O)NC(C)C)CC2)no1. The molecule has 0 aromatic carbocycles. The number of aryl methyl sites for hydroxylation is 1. The fourth-order valence-corrected chi connectivity index (χ4v) is 3.63. The zero-order valence-electron chi connectivity index (χ0n) is 12.0. The molecule has 1 aliphatic rings. The van der Waals surface area contributed by atoms with Crippen molar-refractivity contribution in [1.29, 1.82) is 0 Å². The van der Waals surface area contributed by atoms with E-state index in [4.69, 9.17) is 10.3 Å². The molecule has 9 heteroatoms. The summed E-state index contributed by atoms with van der Waals surface area (Å²) in [4.78, 5) is 4.16. The van der Waals surface area contributed by atoms with E-state index >= 15 is 0 Å². The van der Waals surface area contributed by atoms with Crippen LogP contribution in [0.5, 0.6) is 0 Å². The molecule has 3 N–H and O–H groups in total. The fourth-order valence-electron chi connectivity index (χ4n) is 2.22. The lowest BCUT2D eigenvalue weighted by molar-refractivity contribution is 0.220. The Labute approximate surface area is 118 Å². The summed E-state index contributed by atoms with van der Waals surface area (Å²) >= 11 is 0. The monoisotopic (exact) mass is 303 g/mol. The third kappa shape index (κ3) is 3.17. The van der Waals surface area contributed by atoms with Crippen LogP contribution < -0.4 is 10.5 Å². The summed E-state index contributed by atoms with van der Waals surface area (Å²) in [5.74, 6) is 0.908. The molecule has 2 rings (SSSR count). The van der Waals surface area contributed by atoms with Crippen LogP contribution in [-0.2, 0) is 15.7 Å². The van der Waals surface area contributed by atoms with Crippen molar-refractivity contribution in [3.63, 3.8) is 0 Å². The van der Waals surface area contributed by atoms with E-state index in [-0.39, 0.29) is 6.04 Å². The second-order valence-electron chi connectivity index (χ2n) is 5.47. The molecular formula is C11H21N5O3S. The second kappa shape index (κ2) is 5.40. The van der Waals surface area contributed by atoms with Crippen molar-refractivity contribution in [2.24, 2.45) is 5.73 Å². The Morgan fingerprint density at radius 2 is 2.00 bits per heavy atom. The van der Waals surface area contributed by atoms with Gasteiger partial charge in [0.15, 0.2) is 5.82 Å². The maximum absolute atomic E-state index is 12.1. The number of hydrogen-bond donors (Lipinski definition) is 2. The predicted octanol–water partition coefficient (Wildman–Crippen LogP) is -0.129. The lowest BCUT2D eigenvalue weighted by Gasteiger charge is -2.36. The van der Waals surface area contributed by atoms with Gasteiger partial charge >= 0.3 is 0 Å². The van der Waals surface area contributed by atoms with E-state index in [1.165, 1.54) is 4.31 Å². The Balaban J connectivity index is 2.05. The van der Waals surface area contributed by atoms with Gasteiger partial charge in [-0.2, -0.15) is 22.4 Å². The maximum atomic E-state index is 12.1. The highest BCUT2D eigenvalue weighted by atomic mass is 32.2. The fraction of sp³-hybridized carbons (Fsp3) is 0.818. The van der Waals surface area contributed by atoms with E-state index in [2.05, 4.69) is 14.9 Å². The summed E-state index contributed by atoms with van der Waals surface area (Å²) in [6, 6.07) is -0.135. The van der Waals surface area contributed by atoms with Gasteiger partial charge in [-0.15, -0.1) is 0 Å².